The summed E-state index contributed by atoms with van der Waals surface area (Å²) >= 11 is 0. The molecule has 0 bridgehead atoms. The average molecular weight is 1130 g/mol. The first kappa shape index (κ1) is 74.6. The van der Waals surface area contributed by atoms with Crippen LogP contribution in [0.25, 0.3) is 0 Å². The van der Waals surface area contributed by atoms with E-state index in [4.69, 9.17) is 23.3 Å². The van der Waals surface area contributed by atoms with Crippen molar-refractivity contribution in [3.63, 3.8) is 0 Å². The van der Waals surface area contributed by atoms with Gasteiger partial charge in [0.2, 0.25) is 0 Å². The molecule has 0 rings (SSSR count). The minimum Gasteiger partial charge on any atom is -0.461 e. The Morgan fingerprint density at radius 3 is 1.07 bits per heavy atom. The minimum absolute atomic E-state index is 0.0106. The van der Waals surface area contributed by atoms with Crippen LogP contribution in [-0.2, 0) is 42.2 Å². The molecule has 80 heavy (non-hydrogen) atoms. The highest BCUT2D eigenvalue weighted by Crippen LogP contribution is 2.43. The molecule has 0 aromatic carbocycles. The number of carbonyl (C=O) groups is 3. The van der Waals surface area contributed by atoms with Crippen LogP contribution in [0.3, 0.4) is 0 Å². The van der Waals surface area contributed by atoms with Crippen molar-refractivity contribution in [1.82, 2.24) is 0 Å². The van der Waals surface area contributed by atoms with Crippen molar-refractivity contribution in [2.24, 2.45) is 0 Å². The summed E-state index contributed by atoms with van der Waals surface area (Å²) in [6, 6.07) is 0. The molecule has 0 heterocycles. The molecule has 0 saturated heterocycles. The van der Waals surface area contributed by atoms with Gasteiger partial charge in [-0.25, -0.2) is 4.57 Å². The van der Waals surface area contributed by atoms with E-state index in [1.807, 2.05) is 30.4 Å². The summed E-state index contributed by atoms with van der Waals surface area (Å²) < 4.78 is 39.3. The lowest BCUT2D eigenvalue weighted by Crippen LogP contribution is -2.30. The molecular weight excluding hydrogens is 1020 g/mol. The van der Waals surface area contributed by atoms with Gasteiger partial charge >= 0.3 is 25.7 Å². The molecule has 2 N–H and O–H groups in total. The summed E-state index contributed by atoms with van der Waals surface area (Å²) in [7, 11) is -4.81. The molecule has 446 valence electrons. The quantitative estimate of drug-likeness (QED) is 0.0197. The molecule has 11 nitrogen and oxygen atoms in total. The van der Waals surface area contributed by atoms with E-state index >= 15 is 0 Å². The van der Waals surface area contributed by atoms with Crippen LogP contribution in [0.1, 0.15) is 188 Å². The van der Waals surface area contributed by atoms with E-state index in [0.717, 1.165) is 122 Å². The highest BCUT2D eigenvalue weighted by molar-refractivity contribution is 7.47. The van der Waals surface area contributed by atoms with Gasteiger partial charge in [0.25, 0.3) is 0 Å². The first-order valence-electron chi connectivity index (χ1n) is 29.7. The van der Waals surface area contributed by atoms with E-state index in [9.17, 15) is 28.9 Å². The SMILES string of the molecule is CC/C=C\C/C=C\C/C=C\C/C=C\C/C=C\C/C=C\CCC(=O)OC(COC(=O)C/C=C\C/C=C\C/C=C\C/C=C\C/C=C\CC)COP(=O)(O)OCC(CO)OC(=O)CCCCCCCC/C=C\C/C=C\C/C=C\C/C=C\CC. The lowest BCUT2D eigenvalue weighted by Gasteiger charge is -2.21. The molecule has 0 aromatic rings. The highest BCUT2D eigenvalue weighted by Gasteiger charge is 2.28. The Morgan fingerprint density at radius 1 is 0.362 bits per heavy atom. The first-order chi connectivity index (χ1) is 39.2. The Bertz CT molecular complexity index is 2040. The molecule has 0 aliphatic carbocycles. The van der Waals surface area contributed by atoms with Crippen LogP contribution in [0.5, 0.6) is 0 Å². The molecule has 0 aliphatic rings. The monoisotopic (exact) mass is 1130 g/mol. The third kappa shape index (κ3) is 57.3. The predicted octanol–water partition coefficient (Wildman–Crippen LogP) is 18.0. The van der Waals surface area contributed by atoms with Gasteiger partial charge in [-0.2, -0.15) is 0 Å². The van der Waals surface area contributed by atoms with E-state index < -0.39 is 64.4 Å². The van der Waals surface area contributed by atoms with Crippen molar-refractivity contribution in [1.29, 1.82) is 0 Å². The van der Waals surface area contributed by atoms with E-state index in [-0.39, 0.29) is 19.3 Å². The highest BCUT2D eigenvalue weighted by atomic mass is 31.2. The zero-order chi connectivity index (χ0) is 58.3. The molecular formula is C68H103O11P. The minimum atomic E-state index is -4.81. The van der Waals surface area contributed by atoms with Crippen molar-refractivity contribution in [2.75, 3.05) is 26.4 Å². The zero-order valence-electron chi connectivity index (χ0n) is 49.2. The molecule has 0 amide bonds. The smallest absolute Gasteiger partial charge is 0.461 e. The van der Waals surface area contributed by atoms with Crippen molar-refractivity contribution in [2.45, 2.75) is 200 Å². The van der Waals surface area contributed by atoms with Gasteiger partial charge < -0.3 is 24.2 Å². The Morgan fingerprint density at radius 2 is 0.675 bits per heavy atom. The van der Waals surface area contributed by atoms with Crippen LogP contribution >= 0.6 is 7.82 Å². The Balaban J connectivity index is 4.93. The maximum Gasteiger partial charge on any atom is 0.472 e. The molecule has 3 atom stereocenters. The average Bonchev–Trinajstić information content (AvgIpc) is 3.45. The molecule has 0 saturated carbocycles. The third-order valence-corrected chi connectivity index (χ3v) is 12.3. The number of ether oxygens (including phenoxy) is 3. The number of esters is 3. The molecule has 3 unspecified atom stereocenters. The fraction of sp³-hybridized carbons (Fsp3) is 0.515. The van der Waals surface area contributed by atoms with E-state index in [2.05, 4.69) is 167 Å². The Kier molecular flexibility index (Phi) is 55.7. The van der Waals surface area contributed by atoms with Crippen LogP contribution in [0.2, 0.25) is 0 Å². The van der Waals surface area contributed by atoms with Crippen molar-refractivity contribution in [3.8, 4) is 0 Å². The van der Waals surface area contributed by atoms with Crippen LogP contribution in [0.4, 0.5) is 0 Å². The number of carbonyl (C=O) groups excluding carboxylic acids is 3. The van der Waals surface area contributed by atoms with E-state index in [1.54, 1.807) is 6.08 Å². The second kappa shape index (κ2) is 59.7. The van der Waals surface area contributed by atoms with Crippen LogP contribution in [-0.4, -0.2) is 66.5 Å². The van der Waals surface area contributed by atoms with Gasteiger partial charge in [0.15, 0.2) is 6.10 Å². The van der Waals surface area contributed by atoms with Crippen molar-refractivity contribution >= 4 is 25.7 Å². The lowest BCUT2D eigenvalue weighted by molar-refractivity contribution is -0.160. The summed E-state index contributed by atoms with van der Waals surface area (Å²) in [6.07, 6.45) is 81.8. The number of unbranched alkanes of at least 4 members (excludes halogenated alkanes) is 6. The molecule has 0 fully saturated rings. The van der Waals surface area contributed by atoms with Crippen molar-refractivity contribution < 1.29 is 52.2 Å². The summed E-state index contributed by atoms with van der Waals surface area (Å²) in [5.74, 6) is -1.76. The normalized spacial score (nSPS) is 14.6. The number of hydrogen-bond acceptors (Lipinski definition) is 10. The van der Waals surface area contributed by atoms with Gasteiger partial charge in [0.05, 0.1) is 26.2 Å². The number of aliphatic hydroxyl groups is 1. The molecule has 0 radical (unpaired) electrons. The van der Waals surface area contributed by atoms with Gasteiger partial charge in [0, 0.05) is 12.8 Å². The number of allylic oxidation sites excluding steroid dienone is 29. The van der Waals surface area contributed by atoms with Gasteiger partial charge in [-0.1, -0.05) is 229 Å². The number of phosphoric acid groups is 1. The van der Waals surface area contributed by atoms with E-state index in [0.29, 0.717) is 25.7 Å². The maximum absolute atomic E-state index is 12.9. The summed E-state index contributed by atoms with van der Waals surface area (Å²) in [5, 5.41) is 9.84. The molecule has 0 aliphatic heterocycles. The largest absolute Gasteiger partial charge is 0.472 e. The standard InChI is InChI=1S/C68H103O11P/c1-4-7-10-13-16-19-22-25-28-30-32-34-37-40-43-46-49-52-55-58-67(71)78-64(60-69)62-76-80(73,74)77-63-65(61-75-66(70)57-54-51-48-45-42-39-36-27-24-21-18-15-12-9-6-3)79-68(72)59-56-53-50-47-44-41-38-35-33-31-29-26-23-20-17-14-11-8-5-2/h7-12,16-21,25-29,32-36,41-42,44-45,50-51,53-54,64-65,69H,4-6,13-15,22-24,30-31,37-40,43,46-49,52,55-63H2,1-3H3,(H,73,74)/b10-7-,11-8-,12-9-,19-16-,20-17-,21-18-,28-25-,29-26-,34-32-,35-33-,36-27-,44-41-,45-42-,53-50-,54-51-. The third-order valence-electron chi connectivity index (χ3n) is 11.4. The van der Waals surface area contributed by atoms with Gasteiger partial charge in [-0.05, 0) is 122 Å². The summed E-state index contributed by atoms with van der Waals surface area (Å²) in [4.78, 5) is 48.5. The van der Waals surface area contributed by atoms with Crippen molar-refractivity contribution in [3.05, 3.63) is 182 Å². The predicted molar refractivity (Wildman–Crippen MR) is 334 cm³/mol. The summed E-state index contributed by atoms with van der Waals surface area (Å²) in [6.45, 7) is 4.06. The van der Waals surface area contributed by atoms with Crippen LogP contribution in [0.15, 0.2) is 182 Å². The fourth-order valence-electron chi connectivity index (χ4n) is 6.97. The van der Waals surface area contributed by atoms with Gasteiger partial charge in [0.1, 0.15) is 12.7 Å². The van der Waals surface area contributed by atoms with Crippen LogP contribution < -0.4 is 0 Å². The second-order valence-electron chi connectivity index (χ2n) is 18.7. The number of hydrogen-bond donors (Lipinski definition) is 2. The summed E-state index contributed by atoms with van der Waals surface area (Å²) in [5.41, 5.74) is 0. The number of aliphatic hydroxyl groups excluding tert-OH is 1. The lowest BCUT2D eigenvalue weighted by atomic mass is 10.1. The number of rotatable bonds is 52. The topological polar surface area (TPSA) is 155 Å². The van der Waals surface area contributed by atoms with Gasteiger partial charge in [-0.3, -0.25) is 23.4 Å². The Hall–Kier alpha value is -5.42. The fourth-order valence-corrected chi connectivity index (χ4v) is 7.76. The van der Waals surface area contributed by atoms with Crippen LogP contribution in [0, 0.1) is 0 Å². The molecule has 0 aromatic heterocycles. The van der Waals surface area contributed by atoms with Gasteiger partial charge in [-0.15, -0.1) is 0 Å². The maximum atomic E-state index is 12.9. The Labute approximate surface area is 484 Å². The zero-order valence-corrected chi connectivity index (χ0v) is 50.1. The second-order valence-corrected chi connectivity index (χ2v) is 20.1. The van der Waals surface area contributed by atoms with E-state index in [1.165, 1.54) is 0 Å². The molecule has 0 spiro atoms. The first-order valence-corrected chi connectivity index (χ1v) is 31.2. The molecule has 12 heteroatoms. The number of phosphoric ester groups is 1.